The Morgan fingerprint density at radius 3 is 2.55 bits per heavy atom. The lowest BCUT2D eigenvalue weighted by Gasteiger charge is -2.34. The van der Waals surface area contributed by atoms with Crippen molar-refractivity contribution in [2.45, 2.75) is 12.5 Å². The molecule has 0 amide bonds. The Balaban J connectivity index is 2.93. The van der Waals surface area contributed by atoms with Crippen molar-refractivity contribution >= 4 is 0 Å². The van der Waals surface area contributed by atoms with Crippen LogP contribution in [0.2, 0.25) is 0 Å². The predicted molar refractivity (Wildman–Crippen MR) is 49.2 cm³/mol. The standard InChI is InChI=1S/C10H15N/c1-5-9-7-8-11(4)10(9,3)6-2/h5-9H,1-2H2,3-4H3. The maximum absolute atomic E-state index is 3.83. The van der Waals surface area contributed by atoms with E-state index in [1.54, 1.807) is 0 Å². The molecule has 0 saturated carbocycles. The lowest BCUT2D eigenvalue weighted by molar-refractivity contribution is 0.255. The number of nitrogens with zero attached hydrogens (tertiary/aromatic N) is 1. The Morgan fingerprint density at radius 1 is 1.55 bits per heavy atom. The quantitative estimate of drug-likeness (QED) is 0.544. The molecule has 0 spiro atoms. The van der Waals surface area contributed by atoms with Crippen molar-refractivity contribution in [2.75, 3.05) is 7.05 Å². The maximum atomic E-state index is 3.83. The minimum atomic E-state index is 0.0295. The van der Waals surface area contributed by atoms with Crippen LogP contribution in [0.3, 0.4) is 0 Å². The van der Waals surface area contributed by atoms with Crippen molar-refractivity contribution in [1.29, 1.82) is 0 Å². The number of rotatable bonds is 2. The van der Waals surface area contributed by atoms with Crippen LogP contribution in [0.5, 0.6) is 0 Å². The van der Waals surface area contributed by atoms with Crippen LogP contribution in [0, 0.1) is 5.92 Å². The zero-order chi connectivity index (χ0) is 8.48. The predicted octanol–water partition coefficient (Wildman–Crippen LogP) is 2.19. The molecule has 0 saturated heterocycles. The van der Waals surface area contributed by atoms with Crippen molar-refractivity contribution in [3.63, 3.8) is 0 Å². The highest BCUT2D eigenvalue weighted by molar-refractivity contribution is 5.22. The van der Waals surface area contributed by atoms with Gasteiger partial charge in [-0.05, 0) is 13.1 Å². The van der Waals surface area contributed by atoms with Gasteiger partial charge in [-0.2, -0.15) is 0 Å². The maximum Gasteiger partial charge on any atom is 0.0642 e. The van der Waals surface area contributed by atoms with Crippen LogP contribution in [0.4, 0.5) is 0 Å². The molecule has 60 valence electrons. The minimum absolute atomic E-state index is 0.0295. The smallest absolute Gasteiger partial charge is 0.0642 e. The molecule has 1 rings (SSSR count). The van der Waals surface area contributed by atoms with E-state index in [1.807, 2.05) is 12.2 Å². The summed E-state index contributed by atoms with van der Waals surface area (Å²) in [5.74, 6) is 0.394. The lowest BCUT2D eigenvalue weighted by Crippen LogP contribution is -2.39. The molecule has 0 aromatic heterocycles. The van der Waals surface area contributed by atoms with Gasteiger partial charge in [-0.1, -0.05) is 18.2 Å². The second kappa shape index (κ2) is 2.57. The number of likely N-dealkylation sites (N-methyl/N-ethyl adjacent to an activating group) is 1. The van der Waals surface area contributed by atoms with Crippen molar-refractivity contribution in [3.05, 3.63) is 37.6 Å². The fourth-order valence-electron chi connectivity index (χ4n) is 1.41. The monoisotopic (exact) mass is 149 g/mol. The summed E-state index contributed by atoms with van der Waals surface area (Å²) >= 11 is 0. The van der Waals surface area contributed by atoms with E-state index in [2.05, 4.69) is 44.3 Å². The van der Waals surface area contributed by atoms with Gasteiger partial charge in [0.05, 0.1) is 5.54 Å². The van der Waals surface area contributed by atoms with Gasteiger partial charge in [0, 0.05) is 13.0 Å². The van der Waals surface area contributed by atoms with Gasteiger partial charge in [-0.25, -0.2) is 0 Å². The van der Waals surface area contributed by atoms with E-state index in [9.17, 15) is 0 Å². The van der Waals surface area contributed by atoms with E-state index in [0.29, 0.717) is 5.92 Å². The third-order valence-corrected chi connectivity index (χ3v) is 2.62. The van der Waals surface area contributed by atoms with E-state index in [1.165, 1.54) is 0 Å². The molecule has 1 heterocycles. The van der Waals surface area contributed by atoms with Crippen LogP contribution < -0.4 is 0 Å². The highest BCUT2D eigenvalue weighted by Crippen LogP contribution is 2.32. The average molecular weight is 149 g/mol. The fraction of sp³-hybridized carbons (Fsp3) is 0.400. The first-order valence-corrected chi connectivity index (χ1v) is 3.82. The second-order valence-corrected chi connectivity index (χ2v) is 3.14. The third-order valence-electron chi connectivity index (χ3n) is 2.62. The van der Waals surface area contributed by atoms with E-state index >= 15 is 0 Å². The van der Waals surface area contributed by atoms with E-state index < -0.39 is 0 Å². The molecular weight excluding hydrogens is 134 g/mol. The third kappa shape index (κ3) is 1.01. The minimum Gasteiger partial charge on any atom is -0.371 e. The molecule has 11 heavy (non-hydrogen) atoms. The molecule has 0 N–H and O–H groups in total. The first kappa shape index (κ1) is 8.12. The molecule has 1 heteroatoms. The molecule has 0 aromatic rings. The van der Waals surface area contributed by atoms with Gasteiger partial charge in [-0.3, -0.25) is 0 Å². The molecule has 1 nitrogen and oxygen atoms in total. The van der Waals surface area contributed by atoms with Crippen LogP contribution in [-0.2, 0) is 0 Å². The van der Waals surface area contributed by atoms with Crippen LogP contribution in [0.25, 0.3) is 0 Å². The number of hydrogen-bond donors (Lipinski definition) is 0. The molecule has 1 aliphatic heterocycles. The Labute approximate surface area is 68.7 Å². The summed E-state index contributed by atoms with van der Waals surface area (Å²) < 4.78 is 0. The molecular formula is C10H15N. The normalized spacial score (nSPS) is 35.8. The Morgan fingerprint density at radius 2 is 2.18 bits per heavy atom. The van der Waals surface area contributed by atoms with E-state index in [-0.39, 0.29) is 5.54 Å². The summed E-state index contributed by atoms with van der Waals surface area (Å²) in [6.45, 7) is 9.79. The summed E-state index contributed by atoms with van der Waals surface area (Å²) in [6, 6.07) is 0. The van der Waals surface area contributed by atoms with Gasteiger partial charge in [0.15, 0.2) is 0 Å². The first-order valence-electron chi connectivity index (χ1n) is 3.82. The Hall–Kier alpha value is -0.980. The van der Waals surface area contributed by atoms with E-state index in [0.717, 1.165) is 0 Å². The van der Waals surface area contributed by atoms with Crippen LogP contribution >= 0.6 is 0 Å². The van der Waals surface area contributed by atoms with Crippen LogP contribution in [-0.4, -0.2) is 17.5 Å². The Bertz CT molecular complexity index is 205. The average Bonchev–Trinajstić information content (AvgIpc) is 2.30. The zero-order valence-electron chi connectivity index (χ0n) is 7.25. The molecule has 2 atom stereocenters. The summed E-state index contributed by atoms with van der Waals surface area (Å²) in [6.07, 6.45) is 8.16. The molecule has 0 fully saturated rings. The van der Waals surface area contributed by atoms with Crippen molar-refractivity contribution in [1.82, 2.24) is 4.90 Å². The summed E-state index contributed by atoms with van der Waals surface area (Å²) in [5, 5.41) is 0. The highest BCUT2D eigenvalue weighted by Gasteiger charge is 2.34. The topological polar surface area (TPSA) is 3.24 Å². The van der Waals surface area contributed by atoms with Crippen molar-refractivity contribution in [2.24, 2.45) is 5.92 Å². The molecule has 1 aliphatic rings. The van der Waals surface area contributed by atoms with Crippen molar-refractivity contribution < 1.29 is 0 Å². The van der Waals surface area contributed by atoms with Crippen LogP contribution in [0.1, 0.15) is 6.92 Å². The van der Waals surface area contributed by atoms with Gasteiger partial charge < -0.3 is 4.90 Å². The zero-order valence-corrected chi connectivity index (χ0v) is 7.25. The molecule has 0 aliphatic carbocycles. The summed E-state index contributed by atoms with van der Waals surface area (Å²) in [5.41, 5.74) is 0.0295. The number of hydrogen-bond acceptors (Lipinski definition) is 1. The summed E-state index contributed by atoms with van der Waals surface area (Å²) in [4.78, 5) is 2.16. The van der Waals surface area contributed by atoms with Crippen molar-refractivity contribution in [3.8, 4) is 0 Å². The van der Waals surface area contributed by atoms with Gasteiger partial charge in [0.25, 0.3) is 0 Å². The fourth-order valence-corrected chi connectivity index (χ4v) is 1.41. The van der Waals surface area contributed by atoms with E-state index in [4.69, 9.17) is 0 Å². The molecule has 2 unspecified atom stereocenters. The largest absolute Gasteiger partial charge is 0.371 e. The second-order valence-electron chi connectivity index (χ2n) is 3.14. The highest BCUT2D eigenvalue weighted by atomic mass is 15.2. The van der Waals surface area contributed by atoms with Gasteiger partial charge in [0.2, 0.25) is 0 Å². The van der Waals surface area contributed by atoms with Gasteiger partial charge in [0.1, 0.15) is 0 Å². The Kier molecular flexibility index (Phi) is 1.90. The molecule has 0 radical (unpaired) electrons. The first-order chi connectivity index (χ1) is 5.15. The lowest BCUT2D eigenvalue weighted by atomic mass is 9.87. The van der Waals surface area contributed by atoms with Gasteiger partial charge >= 0.3 is 0 Å². The molecule has 0 bridgehead atoms. The van der Waals surface area contributed by atoms with Gasteiger partial charge in [-0.15, -0.1) is 13.2 Å². The van der Waals surface area contributed by atoms with Crippen LogP contribution in [0.15, 0.2) is 37.6 Å². The summed E-state index contributed by atoms with van der Waals surface area (Å²) in [7, 11) is 2.06. The molecule has 0 aromatic carbocycles. The SMILES string of the molecule is C=CC1C=CN(C)C1(C)C=C.